The zero-order valence-corrected chi connectivity index (χ0v) is 7.95. The van der Waals surface area contributed by atoms with E-state index in [1.807, 2.05) is 7.98 Å². The third-order valence-electron chi connectivity index (χ3n) is 1.74. The van der Waals surface area contributed by atoms with Crippen LogP contribution in [0.5, 0.6) is 0 Å². The molecule has 11 heavy (non-hydrogen) atoms. The van der Waals surface area contributed by atoms with Crippen molar-refractivity contribution < 1.29 is 0 Å². The molecule has 0 aliphatic carbocycles. The van der Waals surface area contributed by atoms with Crippen molar-refractivity contribution in [3.05, 3.63) is 0 Å². The van der Waals surface area contributed by atoms with Crippen LogP contribution in [0.25, 0.3) is 0 Å². The molecule has 0 rings (SSSR count). The van der Waals surface area contributed by atoms with Gasteiger partial charge in [-0.1, -0.05) is 19.8 Å². The second-order valence-corrected chi connectivity index (χ2v) is 2.91. The van der Waals surface area contributed by atoms with E-state index >= 15 is 0 Å². The maximum Gasteiger partial charge on any atom is 0.181 e. The van der Waals surface area contributed by atoms with E-state index in [0.717, 1.165) is 13.1 Å². The van der Waals surface area contributed by atoms with Crippen LogP contribution in [0.2, 0.25) is 0 Å². The van der Waals surface area contributed by atoms with Gasteiger partial charge in [0, 0.05) is 0 Å². The summed E-state index contributed by atoms with van der Waals surface area (Å²) in [7, 11) is 2.00. The molecule has 0 aliphatic heterocycles. The van der Waals surface area contributed by atoms with E-state index in [4.69, 9.17) is 0 Å². The molecule has 66 valence electrons. The van der Waals surface area contributed by atoms with Gasteiger partial charge >= 0.3 is 0 Å². The molecule has 0 atom stereocenters. The normalized spacial score (nSPS) is 10.3. The Kier molecular flexibility index (Phi) is 9.97. The highest BCUT2D eigenvalue weighted by molar-refractivity contribution is 6.04. The van der Waals surface area contributed by atoms with Crippen LogP contribution in [0, 0.1) is 0 Å². The highest BCUT2D eigenvalue weighted by atomic mass is 14.9. The topological polar surface area (TPSA) is 24.1 Å². The predicted molar refractivity (Wildman–Crippen MR) is 53.6 cm³/mol. The van der Waals surface area contributed by atoms with Crippen LogP contribution in [0.3, 0.4) is 0 Å². The summed E-state index contributed by atoms with van der Waals surface area (Å²) in [6.45, 7) is 5.71. The summed E-state index contributed by atoms with van der Waals surface area (Å²) in [5.41, 5.74) is 0. The number of rotatable bonds is 8. The van der Waals surface area contributed by atoms with Crippen molar-refractivity contribution in [2.24, 2.45) is 0 Å². The Bertz CT molecular complexity index is 61.1. The molecule has 0 saturated carbocycles. The maximum atomic E-state index is 3.42. The molecule has 0 saturated heterocycles. The Morgan fingerprint density at radius 3 is 2.36 bits per heavy atom. The predicted octanol–water partition coefficient (Wildman–Crippen LogP) is 0.294. The largest absolute Gasteiger partial charge is 0.362 e. The standard InChI is InChI=1S/C8H21BN2/c1-2-3-4-6-10-7-5-8-11-9/h10-11H,2-9H2,1H3. The van der Waals surface area contributed by atoms with Gasteiger partial charge in [0.2, 0.25) is 0 Å². The minimum Gasteiger partial charge on any atom is -0.362 e. The molecule has 2 N–H and O–H groups in total. The Balaban J connectivity index is 2.69. The fraction of sp³-hybridized carbons (Fsp3) is 1.00. The van der Waals surface area contributed by atoms with E-state index in [0.29, 0.717) is 0 Å². The summed E-state index contributed by atoms with van der Waals surface area (Å²) >= 11 is 0. The number of nitrogens with one attached hydrogen (secondary N) is 2. The van der Waals surface area contributed by atoms with Gasteiger partial charge in [-0.25, -0.2) is 0 Å². The third-order valence-corrected chi connectivity index (χ3v) is 1.74. The van der Waals surface area contributed by atoms with Crippen LogP contribution in [-0.2, 0) is 0 Å². The molecule has 0 heterocycles. The smallest absolute Gasteiger partial charge is 0.181 e. The van der Waals surface area contributed by atoms with Crippen molar-refractivity contribution >= 4 is 7.98 Å². The fourth-order valence-corrected chi connectivity index (χ4v) is 1.02. The Hall–Kier alpha value is -0.0151. The lowest BCUT2D eigenvalue weighted by molar-refractivity contribution is 0.598. The van der Waals surface area contributed by atoms with Gasteiger partial charge in [0.25, 0.3) is 0 Å². The van der Waals surface area contributed by atoms with E-state index < -0.39 is 0 Å². The minimum atomic E-state index is 1.13. The summed E-state index contributed by atoms with van der Waals surface area (Å²) in [5.74, 6) is 0. The van der Waals surface area contributed by atoms with Crippen molar-refractivity contribution in [3.8, 4) is 0 Å². The van der Waals surface area contributed by atoms with Gasteiger partial charge in [-0.05, 0) is 32.5 Å². The Morgan fingerprint density at radius 1 is 1.00 bits per heavy atom. The van der Waals surface area contributed by atoms with Crippen molar-refractivity contribution in [3.63, 3.8) is 0 Å². The summed E-state index contributed by atoms with van der Waals surface area (Å²) in [6.07, 6.45) is 5.25. The van der Waals surface area contributed by atoms with Gasteiger partial charge in [0.1, 0.15) is 0 Å². The number of hydrogen-bond donors (Lipinski definition) is 2. The zero-order chi connectivity index (χ0) is 8.36. The summed E-state index contributed by atoms with van der Waals surface area (Å²) in [5, 5.41) is 6.54. The molecule has 3 heteroatoms. The Labute approximate surface area is 71.6 Å². The molecule has 0 bridgehead atoms. The lowest BCUT2D eigenvalue weighted by Gasteiger charge is -2.02. The average Bonchev–Trinajstić information content (AvgIpc) is 2.03. The third kappa shape index (κ3) is 9.98. The second kappa shape index (κ2) is 9.98. The molecule has 2 nitrogen and oxygen atoms in total. The van der Waals surface area contributed by atoms with Crippen molar-refractivity contribution in [2.75, 3.05) is 19.6 Å². The molecule has 0 radical (unpaired) electrons. The van der Waals surface area contributed by atoms with Gasteiger partial charge in [-0.2, -0.15) is 0 Å². The van der Waals surface area contributed by atoms with Crippen molar-refractivity contribution in [1.29, 1.82) is 0 Å². The van der Waals surface area contributed by atoms with E-state index in [2.05, 4.69) is 17.5 Å². The van der Waals surface area contributed by atoms with Crippen LogP contribution in [-0.4, -0.2) is 27.6 Å². The van der Waals surface area contributed by atoms with Gasteiger partial charge in [0.15, 0.2) is 7.98 Å². The quantitative estimate of drug-likeness (QED) is 0.390. The van der Waals surface area contributed by atoms with Crippen molar-refractivity contribution in [2.45, 2.75) is 32.6 Å². The molecular weight excluding hydrogens is 135 g/mol. The van der Waals surface area contributed by atoms with Crippen LogP contribution < -0.4 is 10.5 Å². The molecular formula is C8H21BN2. The molecule has 0 amide bonds. The van der Waals surface area contributed by atoms with Gasteiger partial charge in [0.05, 0.1) is 0 Å². The molecule has 0 spiro atoms. The first-order valence-corrected chi connectivity index (χ1v) is 4.77. The lowest BCUT2D eigenvalue weighted by atomic mass is 10.2. The Morgan fingerprint density at radius 2 is 1.73 bits per heavy atom. The fourth-order valence-electron chi connectivity index (χ4n) is 1.02. The molecule has 0 unspecified atom stereocenters. The van der Waals surface area contributed by atoms with Crippen molar-refractivity contribution in [1.82, 2.24) is 10.5 Å². The molecule has 0 aliphatic rings. The first kappa shape index (κ1) is 11.0. The summed E-state index contributed by atoms with van der Waals surface area (Å²) in [4.78, 5) is 0. The highest BCUT2D eigenvalue weighted by Crippen LogP contribution is 1.90. The lowest BCUT2D eigenvalue weighted by Crippen LogP contribution is -2.21. The monoisotopic (exact) mass is 156 g/mol. The first-order chi connectivity index (χ1) is 5.41. The van der Waals surface area contributed by atoms with Gasteiger partial charge < -0.3 is 10.5 Å². The van der Waals surface area contributed by atoms with Crippen LogP contribution >= 0.6 is 0 Å². The van der Waals surface area contributed by atoms with E-state index in [9.17, 15) is 0 Å². The average molecular weight is 156 g/mol. The summed E-state index contributed by atoms with van der Waals surface area (Å²) < 4.78 is 0. The van der Waals surface area contributed by atoms with E-state index in [-0.39, 0.29) is 0 Å². The highest BCUT2D eigenvalue weighted by Gasteiger charge is 1.86. The zero-order valence-electron chi connectivity index (χ0n) is 7.95. The van der Waals surface area contributed by atoms with E-state index in [1.165, 1.54) is 32.2 Å². The number of unbranched alkanes of at least 4 members (excludes halogenated alkanes) is 2. The second-order valence-electron chi connectivity index (χ2n) is 2.91. The minimum absolute atomic E-state index is 1.13. The molecule has 0 aromatic heterocycles. The van der Waals surface area contributed by atoms with Crippen LogP contribution in [0.15, 0.2) is 0 Å². The van der Waals surface area contributed by atoms with Gasteiger partial charge in [-0.15, -0.1) is 0 Å². The van der Waals surface area contributed by atoms with E-state index in [1.54, 1.807) is 0 Å². The first-order valence-electron chi connectivity index (χ1n) is 4.77. The van der Waals surface area contributed by atoms with Gasteiger partial charge in [-0.3, -0.25) is 0 Å². The van der Waals surface area contributed by atoms with Crippen LogP contribution in [0.4, 0.5) is 0 Å². The molecule has 0 aromatic carbocycles. The summed E-state index contributed by atoms with van der Waals surface area (Å²) in [6, 6.07) is 0. The molecule has 0 aromatic rings. The van der Waals surface area contributed by atoms with Crippen LogP contribution in [0.1, 0.15) is 32.6 Å². The SMILES string of the molecule is BNCCCNCCCCC. The molecule has 0 fully saturated rings. The maximum absolute atomic E-state index is 3.42. The number of hydrogen-bond acceptors (Lipinski definition) is 2.